The predicted molar refractivity (Wildman–Crippen MR) is 137 cm³/mol. The maximum atomic E-state index is 13.3. The summed E-state index contributed by atoms with van der Waals surface area (Å²) in [5, 5.41) is 3.05. The molecule has 2 aromatic heterocycles. The Balaban J connectivity index is 1.30. The fourth-order valence-corrected chi connectivity index (χ4v) is 5.23. The number of aryl methyl sites for hydroxylation is 3. The number of imide groups is 1. The second kappa shape index (κ2) is 8.57. The van der Waals surface area contributed by atoms with Crippen molar-refractivity contribution in [2.45, 2.75) is 39.2 Å². The number of nitrogens with zero attached hydrogens (tertiary/aromatic N) is 4. The normalized spacial score (nSPS) is 15.1. The van der Waals surface area contributed by atoms with E-state index in [1.54, 1.807) is 42.5 Å². The lowest BCUT2D eigenvalue weighted by molar-refractivity contribution is 0.0924. The molecule has 3 amide bonds. The van der Waals surface area contributed by atoms with Crippen LogP contribution >= 0.6 is 11.6 Å². The van der Waals surface area contributed by atoms with Gasteiger partial charge in [0, 0.05) is 24.3 Å². The van der Waals surface area contributed by atoms with E-state index in [0.717, 1.165) is 54.3 Å². The minimum absolute atomic E-state index is 0.173. The molecule has 1 N–H and O–H groups in total. The largest absolute Gasteiger partial charge is 0.322 e. The number of fused-ring (bicyclic) bond motifs is 4. The van der Waals surface area contributed by atoms with Gasteiger partial charge in [-0.3, -0.25) is 14.4 Å². The Morgan fingerprint density at radius 2 is 1.72 bits per heavy atom. The molecular formula is C27H22ClN5O3. The second-order valence-corrected chi connectivity index (χ2v) is 9.49. The standard InChI is InChI=1S/C27H22ClN5O3/c1-15-13-19(23-24(29-15)32-12-6-2-3-9-22(32)31-23)25(34)30-16-10-11-21(20(28)14-16)33-26(35)17-7-4-5-8-18(17)27(33)36/h4-5,7-8,10-11,13-14H,2-3,6,9,12H2,1H3,(H,30,34). The number of aromatic nitrogens is 3. The number of benzene rings is 2. The van der Waals surface area contributed by atoms with E-state index in [1.165, 1.54) is 6.07 Å². The van der Waals surface area contributed by atoms with Crippen LogP contribution in [-0.2, 0) is 13.0 Å². The number of hydrogen-bond donors (Lipinski definition) is 1. The van der Waals surface area contributed by atoms with Crippen LogP contribution in [0.15, 0.2) is 48.5 Å². The van der Waals surface area contributed by atoms with Gasteiger partial charge in [-0.05, 0) is 56.2 Å². The minimum atomic E-state index is -0.427. The van der Waals surface area contributed by atoms with Crippen LogP contribution in [0.4, 0.5) is 11.4 Å². The first-order chi connectivity index (χ1) is 17.4. The average molecular weight is 500 g/mol. The highest BCUT2D eigenvalue weighted by Crippen LogP contribution is 2.35. The number of anilines is 2. The molecule has 0 unspecified atom stereocenters. The van der Waals surface area contributed by atoms with E-state index < -0.39 is 11.8 Å². The second-order valence-electron chi connectivity index (χ2n) is 9.09. The lowest BCUT2D eigenvalue weighted by Gasteiger charge is -2.16. The quantitative estimate of drug-likeness (QED) is 0.392. The van der Waals surface area contributed by atoms with Crippen molar-refractivity contribution in [2.24, 2.45) is 0 Å². The van der Waals surface area contributed by atoms with Crippen LogP contribution in [0.5, 0.6) is 0 Å². The van der Waals surface area contributed by atoms with Crippen LogP contribution in [0, 0.1) is 6.92 Å². The number of pyridine rings is 1. The van der Waals surface area contributed by atoms with Gasteiger partial charge in [-0.15, -0.1) is 0 Å². The van der Waals surface area contributed by atoms with Gasteiger partial charge in [-0.25, -0.2) is 14.9 Å². The molecule has 2 aromatic carbocycles. The number of amides is 3. The van der Waals surface area contributed by atoms with E-state index in [0.29, 0.717) is 27.9 Å². The van der Waals surface area contributed by atoms with Gasteiger partial charge in [0.25, 0.3) is 17.7 Å². The zero-order valence-corrected chi connectivity index (χ0v) is 20.3. The maximum Gasteiger partial charge on any atom is 0.266 e. The SMILES string of the molecule is Cc1cc(C(=O)Nc2ccc(N3C(=O)c4ccccc4C3=O)c(Cl)c2)c2nc3n(c2n1)CCCCC3. The molecular weight excluding hydrogens is 478 g/mol. The number of hydrogen-bond acceptors (Lipinski definition) is 5. The number of carbonyl (C=O) groups is 3. The molecule has 0 radical (unpaired) electrons. The smallest absolute Gasteiger partial charge is 0.266 e. The van der Waals surface area contributed by atoms with Crippen LogP contribution in [0.2, 0.25) is 5.02 Å². The monoisotopic (exact) mass is 499 g/mol. The van der Waals surface area contributed by atoms with Crippen molar-refractivity contribution in [3.63, 3.8) is 0 Å². The van der Waals surface area contributed by atoms with Crippen molar-refractivity contribution in [2.75, 3.05) is 10.2 Å². The molecule has 36 heavy (non-hydrogen) atoms. The van der Waals surface area contributed by atoms with Crippen LogP contribution in [0.25, 0.3) is 11.2 Å². The molecule has 2 aliphatic heterocycles. The van der Waals surface area contributed by atoms with E-state index in [1.807, 2.05) is 6.92 Å². The molecule has 180 valence electrons. The number of halogens is 1. The van der Waals surface area contributed by atoms with Crippen molar-refractivity contribution in [3.8, 4) is 0 Å². The predicted octanol–water partition coefficient (Wildman–Crippen LogP) is 5.17. The minimum Gasteiger partial charge on any atom is -0.322 e. The average Bonchev–Trinajstić information content (AvgIpc) is 3.20. The van der Waals surface area contributed by atoms with Crippen LogP contribution < -0.4 is 10.2 Å². The third kappa shape index (κ3) is 3.56. The molecule has 0 saturated carbocycles. The lowest BCUT2D eigenvalue weighted by Crippen LogP contribution is -2.29. The van der Waals surface area contributed by atoms with Crippen molar-refractivity contribution in [1.82, 2.24) is 14.5 Å². The Hall–Kier alpha value is -4.04. The summed E-state index contributed by atoms with van der Waals surface area (Å²) < 4.78 is 2.12. The first kappa shape index (κ1) is 22.4. The van der Waals surface area contributed by atoms with Crippen LogP contribution in [-0.4, -0.2) is 32.3 Å². The van der Waals surface area contributed by atoms with Gasteiger partial charge < -0.3 is 9.88 Å². The molecule has 8 nitrogen and oxygen atoms in total. The van der Waals surface area contributed by atoms with Crippen molar-refractivity contribution in [3.05, 3.63) is 81.8 Å². The van der Waals surface area contributed by atoms with E-state index in [9.17, 15) is 14.4 Å². The Labute approximate surface area is 211 Å². The van der Waals surface area contributed by atoms with Gasteiger partial charge in [-0.1, -0.05) is 30.2 Å². The Bertz CT molecular complexity index is 1560. The third-order valence-corrected chi connectivity index (χ3v) is 6.98. The van der Waals surface area contributed by atoms with Crippen molar-refractivity contribution < 1.29 is 14.4 Å². The maximum absolute atomic E-state index is 13.3. The number of rotatable bonds is 3. The highest BCUT2D eigenvalue weighted by molar-refractivity contribution is 6.40. The highest BCUT2D eigenvalue weighted by atomic mass is 35.5. The third-order valence-electron chi connectivity index (χ3n) is 6.68. The zero-order chi connectivity index (χ0) is 25.0. The van der Waals surface area contributed by atoms with Gasteiger partial charge in [0.1, 0.15) is 11.3 Å². The summed E-state index contributed by atoms with van der Waals surface area (Å²) in [6.45, 7) is 2.71. The number of nitrogens with one attached hydrogen (secondary N) is 1. The van der Waals surface area contributed by atoms with Crippen LogP contribution in [0.1, 0.15) is 61.9 Å². The summed E-state index contributed by atoms with van der Waals surface area (Å²) in [5.74, 6) is -0.224. The molecule has 9 heteroatoms. The Morgan fingerprint density at radius 1 is 0.972 bits per heavy atom. The van der Waals surface area contributed by atoms with Crippen LogP contribution in [0.3, 0.4) is 0 Å². The fraction of sp³-hybridized carbons (Fsp3) is 0.222. The highest BCUT2D eigenvalue weighted by Gasteiger charge is 2.37. The molecule has 0 aliphatic carbocycles. The number of imidazole rings is 1. The summed E-state index contributed by atoms with van der Waals surface area (Å²) in [6, 6.07) is 13.1. The molecule has 0 fully saturated rings. The summed E-state index contributed by atoms with van der Waals surface area (Å²) in [5.41, 5.74) is 3.88. The molecule has 0 bridgehead atoms. The fourth-order valence-electron chi connectivity index (χ4n) is 4.96. The summed E-state index contributed by atoms with van der Waals surface area (Å²) >= 11 is 6.49. The molecule has 0 saturated heterocycles. The first-order valence-corrected chi connectivity index (χ1v) is 12.3. The molecule has 2 aliphatic rings. The van der Waals surface area contributed by atoms with E-state index in [2.05, 4.69) is 14.9 Å². The van der Waals surface area contributed by atoms with Gasteiger partial charge in [0.05, 0.1) is 27.4 Å². The van der Waals surface area contributed by atoms with Gasteiger partial charge in [-0.2, -0.15) is 0 Å². The van der Waals surface area contributed by atoms with E-state index in [-0.39, 0.29) is 16.6 Å². The van der Waals surface area contributed by atoms with E-state index in [4.69, 9.17) is 16.6 Å². The molecule has 4 aromatic rings. The van der Waals surface area contributed by atoms with Crippen molar-refractivity contribution >= 4 is 51.9 Å². The molecule has 0 spiro atoms. The van der Waals surface area contributed by atoms with Crippen molar-refractivity contribution in [1.29, 1.82) is 0 Å². The van der Waals surface area contributed by atoms with E-state index >= 15 is 0 Å². The lowest BCUT2D eigenvalue weighted by atomic mass is 10.1. The first-order valence-electron chi connectivity index (χ1n) is 11.9. The Kier molecular flexibility index (Phi) is 5.34. The van der Waals surface area contributed by atoms with Gasteiger partial charge in [0.15, 0.2) is 5.65 Å². The van der Waals surface area contributed by atoms with Gasteiger partial charge >= 0.3 is 0 Å². The molecule has 0 atom stereocenters. The molecule has 6 rings (SSSR count). The summed E-state index contributed by atoms with van der Waals surface area (Å²) in [4.78, 5) is 49.5. The Morgan fingerprint density at radius 3 is 2.44 bits per heavy atom. The summed E-state index contributed by atoms with van der Waals surface area (Å²) in [7, 11) is 0. The summed E-state index contributed by atoms with van der Waals surface area (Å²) in [6.07, 6.45) is 4.15. The topological polar surface area (TPSA) is 97.2 Å². The molecule has 4 heterocycles. The zero-order valence-electron chi connectivity index (χ0n) is 19.5. The number of carbonyl (C=O) groups excluding carboxylic acids is 3. The van der Waals surface area contributed by atoms with Gasteiger partial charge in [0.2, 0.25) is 0 Å².